The minimum atomic E-state index is -0.276. The van der Waals surface area contributed by atoms with E-state index in [0.29, 0.717) is 6.54 Å². The number of halogens is 2. The lowest BCUT2D eigenvalue weighted by Gasteiger charge is -2.29. The minimum Gasteiger partial charge on any atom is -0.316 e. The average molecular weight is 287 g/mol. The number of hydrogen-bond donors (Lipinski definition) is 1. The second-order valence-corrected chi connectivity index (χ2v) is 4.60. The van der Waals surface area contributed by atoms with Gasteiger partial charge in [-0.3, -0.25) is 4.79 Å². The molecule has 1 saturated heterocycles. The van der Waals surface area contributed by atoms with Gasteiger partial charge in [0.25, 0.3) is 0 Å². The molecule has 19 heavy (non-hydrogen) atoms. The Morgan fingerprint density at radius 3 is 2.63 bits per heavy atom. The average Bonchev–Trinajstić information content (AvgIpc) is 2.42. The van der Waals surface area contributed by atoms with Crippen LogP contribution in [0.3, 0.4) is 0 Å². The van der Waals surface area contributed by atoms with Crippen LogP contribution in [0.15, 0.2) is 24.3 Å². The lowest BCUT2D eigenvalue weighted by Crippen LogP contribution is -2.43. The number of anilines is 1. The van der Waals surface area contributed by atoms with Crippen LogP contribution >= 0.6 is 12.4 Å². The fraction of sp³-hybridized carbons (Fsp3) is 0.500. The van der Waals surface area contributed by atoms with Crippen molar-refractivity contribution in [2.45, 2.75) is 19.8 Å². The van der Waals surface area contributed by atoms with Gasteiger partial charge >= 0.3 is 0 Å². The van der Waals surface area contributed by atoms with E-state index in [1.165, 1.54) is 12.1 Å². The number of carbonyl (C=O) groups is 1. The fourth-order valence-corrected chi connectivity index (χ4v) is 2.37. The van der Waals surface area contributed by atoms with Crippen molar-refractivity contribution >= 4 is 24.0 Å². The number of carbonyl (C=O) groups excluding carboxylic acids is 1. The second-order valence-electron chi connectivity index (χ2n) is 4.60. The highest BCUT2D eigenvalue weighted by atomic mass is 35.5. The van der Waals surface area contributed by atoms with Crippen molar-refractivity contribution in [1.82, 2.24) is 5.32 Å². The number of nitrogens with zero attached hydrogens (tertiary/aromatic N) is 1. The largest absolute Gasteiger partial charge is 0.316 e. The molecule has 2 rings (SSSR count). The molecule has 0 radical (unpaired) electrons. The van der Waals surface area contributed by atoms with Gasteiger partial charge in [0.2, 0.25) is 5.91 Å². The Morgan fingerprint density at radius 1 is 1.42 bits per heavy atom. The van der Waals surface area contributed by atoms with Crippen molar-refractivity contribution in [1.29, 1.82) is 0 Å². The standard InChI is InChI=1S/C14H19FN2O.ClH/c1-2-17(13-7-5-12(15)6-8-13)14(18)11-4-3-9-16-10-11;/h5-8,11,16H,2-4,9-10H2,1H3;1H/t11-;/m1./s1. The van der Waals surface area contributed by atoms with E-state index in [1.54, 1.807) is 17.0 Å². The van der Waals surface area contributed by atoms with Gasteiger partial charge in [0.05, 0.1) is 5.92 Å². The van der Waals surface area contributed by atoms with Gasteiger partial charge in [0.1, 0.15) is 5.82 Å². The predicted octanol–water partition coefficient (Wildman–Crippen LogP) is 2.60. The maximum Gasteiger partial charge on any atom is 0.231 e. The maximum absolute atomic E-state index is 12.9. The van der Waals surface area contributed by atoms with Crippen molar-refractivity contribution in [3.8, 4) is 0 Å². The van der Waals surface area contributed by atoms with Gasteiger partial charge in [-0.1, -0.05) is 0 Å². The molecule has 1 aliphatic rings. The summed E-state index contributed by atoms with van der Waals surface area (Å²) in [5.41, 5.74) is 0.773. The van der Waals surface area contributed by atoms with Crippen molar-refractivity contribution in [2.75, 3.05) is 24.5 Å². The molecule has 5 heteroatoms. The normalized spacial score (nSPS) is 18.5. The van der Waals surface area contributed by atoms with Crippen LogP contribution in [-0.4, -0.2) is 25.5 Å². The van der Waals surface area contributed by atoms with Crippen molar-refractivity contribution < 1.29 is 9.18 Å². The number of benzene rings is 1. The zero-order chi connectivity index (χ0) is 13.0. The van der Waals surface area contributed by atoms with E-state index >= 15 is 0 Å². The molecule has 1 N–H and O–H groups in total. The summed E-state index contributed by atoms with van der Waals surface area (Å²) in [7, 11) is 0. The van der Waals surface area contributed by atoms with Crippen LogP contribution in [0.4, 0.5) is 10.1 Å². The van der Waals surface area contributed by atoms with Crippen LogP contribution in [0.5, 0.6) is 0 Å². The first-order chi connectivity index (χ1) is 8.72. The van der Waals surface area contributed by atoms with E-state index in [9.17, 15) is 9.18 Å². The molecule has 106 valence electrons. The third kappa shape index (κ3) is 3.91. The molecule has 0 bridgehead atoms. The summed E-state index contributed by atoms with van der Waals surface area (Å²) in [6.07, 6.45) is 1.97. The number of rotatable bonds is 3. The molecule has 0 spiro atoms. The van der Waals surface area contributed by atoms with Crippen molar-refractivity contribution in [2.24, 2.45) is 5.92 Å². The Labute approximate surface area is 119 Å². The van der Waals surface area contributed by atoms with Crippen molar-refractivity contribution in [3.05, 3.63) is 30.1 Å². The Balaban J connectivity index is 0.00000180. The van der Waals surface area contributed by atoms with Crippen LogP contribution in [-0.2, 0) is 4.79 Å². The lowest BCUT2D eigenvalue weighted by atomic mass is 9.98. The fourth-order valence-electron chi connectivity index (χ4n) is 2.37. The quantitative estimate of drug-likeness (QED) is 0.926. The highest BCUT2D eigenvalue weighted by Gasteiger charge is 2.25. The number of piperidine rings is 1. The molecule has 1 aromatic carbocycles. The Kier molecular flexibility index (Phi) is 6.25. The van der Waals surface area contributed by atoms with Gasteiger partial charge in [-0.2, -0.15) is 0 Å². The zero-order valence-corrected chi connectivity index (χ0v) is 11.9. The van der Waals surface area contributed by atoms with Crippen LogP contribution in [0.25, 0.3) is 0 Å². The van der Waals surface area contributed by atoms with Gasteiger partial charge in [0.15, 0.2) is 0 Å². The Bertz CT molecular complexity index is 404. The number of nitrogens with one attached hydrogen (secondary N) is 1. The first-order valence-corrected chi connectivity index (χ1v) is 6.50. The van der Waals surface area contributed by atoms with Crippen LogP contribution < -0.4 is 10.2 Å². The number of amides is 1. The van der Waals surface area contributed by atoms with Crippen LogP contribution in [0.2, 0.25) is 0 Å². The molecule has 1 atom stereocenters. The molecule has 3 nitrogen and oxygen atoms in total. The van der Waals surface area contributed by atoms with Gasteiger partial charge in [-0.25, -0.2) is 4.39 Å². The molecule has 0 aromatic heterocycles. The van der Waals surface area contributed by atoms with E-state index in [4.69, 9.17) is 0 Å². The minimum absolute atomic E-state index is 0. The molecule has 1 aliphatic heterocycles. The molecule has 1 heterocycles. The molecule has 1 aromatic rings. The third-order valence-corrected chi connectivity index (χ3v) is 3.37. The third-order valence-electron chi connectivity index (χ3n) is 3.37. The highest BCUT2D eigenvalue weighted by molar-refractivity contribution is 5.95. The molecule has 1 fully saturated rings. The summed E-state index contributed by atoms with van der Waals surface area (Å²) < 4.78 is 12.9. The van der Waals surface area contributed by atoms with E-state index in [1.807, 2.05) is 6.92 Å². The second kappa shape index (κ2) is 7.46. The molecule has 0 unspecified atom stereocenters. The molecular formula is C14H20ClFN2O. The maximum atomic E-state index is 12.9. The van der Waals surface area contributed by atoms with E-state index in [2.05, 4.69) is 5.32 Å². The summed E-state index contributed by atoms with van der Waals surface area (Å²) in [5.74, 6) is -0.0957. The van der Waals surface area contributed by atoms with E-state index in [-0.39, 0.29) is 30.0 Å². The Morgan fingerprint density at radius 2 is 2.11 bits per heavy atom. The summed E-state index contributed by atoms with van der Waals surface area (Å²) >= 11 is 0. The molecule has 0 saturated carbocycles. The van der Waals surface area contributed by atoms with Gasteiger partial charge in [-0.05, 0) is 50.6 Å². The Hall–Kier alpha value is -1.13. The summed E-state index contributed by atoms with van der Waals surface area (Å²) in [4.78, 5) is 14.1. The first kappa shape index (κ1) is 15.9. The molecular weight excluding hydrogens is 267 g/mol. The topological polar surface area (TPSA) is 32.3 Å². The summed E-state index contributed by atoms with van der Waals surface area (Å²) in [6.45, 7) is 4.29. The van der Waals surface area contributed by atoms with E-state index in [0.717, 1.165) is 31.6 Å². The molecule has 0 aliphatic carbocycles. The van der Waals surface area contributed by atoms with E-state index < -0.39 is 0 Å². The van der Waals surface area contributed by atoms with Crippen LogP contribution in [0, 0.1) is 11.7 Å². The van der Waals surface area contributed by atoms with Gasteiger partial charge < -0.3 is 10.2 Å². The van der Waals surface area contributed by atoms with Crippen LogP contribution in [0.1, 0.15) is 19.8 Å². The summed E-state index contributed by atoms with van der Waals surface area (Å²) in [6, 6.07) is 6.11. The predicted molar refractivity (Wildman–Crippen MR) is 77.3 cm³/mol. The SMILES string of the molecule is CCN(C(=O)[C@@H]1CCCNC1)c1ccc(F)cc1.Cl. The van der Waals surface area contributed by atoms with Gasteiger partial charge in [-0.15, -0.1) is 12.4 Å². The summed E-state index contributed by atoms with van der Waals surface area (Å²) in [5, 5.41) is 3.25. The monoisotopic (exact) mass is 286 g/mol. The van der Waals surface area contributed by atoms with Gasteiger partial charge in [0, 0.05) is 18.8 Å². The highest BCUT2D eigenvalue weighted by Crippen LogP contribution is 2.20. The smallest absolute Gasteiger partial charge is 0.231 e. The van der Waals surface area contributed by atoms with Crippen molar-refractivity contribution in [3.63, 3.8) is 0 Å². The zero-order valence-electron chi connectivity index (χ0n) is 11.1. The lowest BCUT2D eigenvalue weighted by molar-refractivity contribution is -0.122. The molecule has 1 amide bonds. The number of hydrogen-bond acceptors (Lipinski definition) is 2. The first-order valence-electron chi connectivity index (χ1n) is 6.50.